The molecule has 2 aromatic heterocycles. The normalized spacial score (nSPS) is 12.9. The molecular formula is C13H21N5. The molecule has 0 amide bonds. The second-order valence-corrected chi connectivity index (χ2v) is 4.79. The van der Waals surface area contributed by atoms with Crippen LogP contribution in [0.15, 0.2) is 12.3 Å². The number of nitrogens with zero attached hydrogens (tertiary/aromatic N) is 4. The third-order valence-electron chi connectivity index (χ3n) is 3.24. The molecule has 1 atom stereocenters. The van der Waals surface area contributed by atoms with Crippen molar-refractivity contribution in [1.82, 2.24) is 19.6 Å². The Morgan fingerprint density at radius 3 is 2.61 bits per heavy atom. The smallest absolute Gasteiger partial charge is 0.155 e. The highest BCUT2D eigenvalue weighted by atomic mass is 15.4. The van der Waals surface area contributed by atoms with E-state index in [4.69, 9.17) is 5.73 Å². The molecule has 0 radical (unpaired) electrons. The minimum absolute atomic E-state index is 0.170. The maximum absolute atomic E-state index is 6.07. The van der Waals surface area contributed by atoms with E-state index in [0.717, 1.165) is 30.0 Å². The Kier molecular flexibility index (Phi) is 3.52. The van der Waals surface area contributed by atoms with Gasteiger partial charge >= 0.3 is 0 Å². The van der Waals surface area contributed by atoms with Crippen LogP contribution in [0.2, 0.25) is 0 Å². The van der Waals surface area contributed by atoms with Crippen molar-refractivity contribution in [2.24, 2.45) is 12.8 Å². The highest BCUT2D eigenvalue weighted by molar-refractivity contribution is 5.38. The molecule has 2 heterocycles. The summed E-state index contributed by atoms with van der Waals surface area (Å²) in [6.07, 6.45) is 3.77. The Morgan fingerprint density at radius 1 is 1.33 bits per heavy atom. The molecule has 0 saturated heterocycles. The average molecular weight is 247 g/mol. The summed E-state index contributed by atoms with van der Waals surface area (Å²) in [5.74, 6) is 1.02. The first-order chi connectivity index (χ1) is 8.52. The fourth-order valence-electron chi connectivity index (χ4n) is 2.15. The second-order valence-electron chi connectivity index (χ2n) is 4.79. The molecule has 5 nitrogen and oxygen atoms in total. The van der Waals surface area contributed by atoms with E-state index < -0.39 is 0 Å². The molecule has 0 aliphatic heterocycles. The van der Waals surface area contributed by atoms with Gasteiger partial charge in [0.25, 0.3) is 0 Å². The summed E-state index contributed by atoms with van der Waals surface area (Å²) < 4.78 is 3.76. The van der Waals surface area contributed by atoms with Crippen molar-refractivity contribution < 1.29 is 0 Å². The van der Waals surface area contributed by atoms with Crippen molar-refractivity contribution in [1.29, 1.82) is 0 Å². The maximum atomic E-state index is 6.07. The molecule has 0 aliphatic carbocycles. The molecule has 0 saturated carbocycles. The molecule has 98 valence electrons. The molecule has 0 spiro atoms. The Labute approximate surface area is 108 Å². The number of aryl methyl sites for hydroxylation is 3. The van der Waals surface area contributed by atoms with E-state index in [-0.39, 0.29) is 6.04 Å². The lowest BCUT2D eigenvalue weighted by Crippen LogP contribution is -2.22. The van der Waals surface area contributed by atoms with Crippen LogP contribution >= 0.6 is 0 Å². The fourth-order valence-corrected chi connectivity index (χ4v) is 2.15. The van der Waals surface area contributed by atoms with Gasteiger partial charge in [0, 0.05) is 24.8 Å². The summed E-state index contributed by atoms with van der Waals surface area (Å²) >= 11 is 0. The van der Waals surface area contributed by atoms with Crippen molar-refractivity contribution in [3.05, 3.63) is 29.2 Å². The maximum Gasteiger partial charge on any atom is 0.155 e. The lowest BCUT2D eigenvalue weighted by Gasteiger charge is -2.11. The Hall–Kier alpha value is -1.62. The van der Waals surface area contributed by atoms with E-state index in [9.17, 15) is 0 Å². The van der Waals surface area contributed by atoms with Gasteiger partial charge in [-0.15, -0.1) is 0 Å². The number of nitrogens with two attached hydrogens (primary N) is 1. The first-order valence-corrected chi connectivity index (χ1v) is 6.33. The zero-order chi connectivity index (χ0) is 13.3. The molecule has 0 aromatic carbocycles. The minimum Gasteiger partial charge on any atom is -0.327 e. The van der Waals surface area contributed by atoms with Gasteiger partial charge in [0.05, 0.1) is 11.4 Å². The van der Waals surface area contributed by atoms with Gasteiger partial charge in [-0.3, -0.25) is 4.68 Å². The summed E-state index contributed by atoms with van der Waals surface area (Å²) in [7, 11) is 1.94. The van der Waals surface area contributed by atoms with Gasteiger partial charge in [-0.25, -0.2) is 4.68 Å². The molecule has 2 N–H and O–H groups in total. The van der Waals surface area contributed by atoms with Crippen molar-refractivity contribution in [2.45, 2.75) is 39.7 Å². The van der Waals surface area contributed by atoms with E-state index in [1.807, 2.05) is 42.5 Å². The lowest BCUT2D eigenvalue weighted by atomic mass is 10.0. The largest absolute Gasteiger partial charge is 0.327 e. The third kappa shape index (κ3) is 2.31. The van der Waals surface area contributed by atoms with Crippen molar-refractivity contribution in [2.75, 3.05) is 0 Å². The lowest BCUT2D eigenvalue weighted by molar-refractivity contribution is 0.636. The van der Waals surface area contributed by atoms with Crippen LogP contribution in [0.4, 0.5) is 0 Å². The van der Waals surface area contributed by atoms with Crippen LogP contribution in [-0.2, 0) is 13.5 Å². The summed E-state index contributed by atoms with van der Waals surface area (Å²) in [5.41, 5.74) is 9.29. The van der Waals surface area contributed by atoms with E-state index in [0.29, 0.717) is 0 Å². The SMILES string of the molecule is CCC(N)Cc1c(C)nn(C)c1-n1ccc(C)n1. The third-order valence-corrected chi connectivity index (χ3v) is 3.24. The highest BCUT2D eigenvalue weighted by Crippen LogP contribution is 2.19. The standard InChI is InChI=1S/C13H21N5/c1-5-11(14)8-12-10(3)16-17(4)13(12)18-7-6-9(2)15-18/h6-7,11H,5,8,14H2,1-4H3. The molecule has 0 aliphatic rings. The van der Waals surface area contributed by atoms with Gasteiger partial charge in [0.1, 0.15) is 0 Å². The first-order valence-electron chi connectivity index (χ1n) is 6.33. The molecule has 1 unspecified atom stereocenters. The number of aromatic nitrogens is 4. The molecule has 2 aromatic rings. The molecule has 0 bridgehead atoms. The van der Waals surface area contributed by atoms with Crippen LogP contribution in [0, 0.1) is 13.8 Å². The van der Waals surface area contributed by atoms with Crippen LogP contribution in [0.1, 0.15) is 30.3 Å². The van der Waals surface area contributed by atoms with Gasteiger partial charge in [0.15, 0.2) is 5.82 Å². The zero-order valence-electron chi connectivity index (χ0n) is 11.5. The van der Waals surface area contributed by atoms with Gasteiger partial charge in [-0.1, -0.05) is 6.92 Å². The van der Waals surface area contributed by atoms with Crippen molar-refractivity contribution in [3.63, 3.8) is 0 Å². The van der Waals surface area contributed by atoms with E-state index >= 15 is 0 Å². The van der Waals surface area contributed by atoms with Crippen LogP contribution in [0.5, 0.6) is 0 Å². The fraction of sp³-hybridized carbons (Fsp3) is 0.538. The highest BCUT2D eigenvalue weighted by Gasteiger charge is 2.17. The summed E-state index contributed by atoms with van der Waals surface area (Å²) in [6.45, 7) is 6.11. The Balaban J connectivity index is 2.45. The second kappa shape index (κ2) is 4.94. The van der Waals surface area contributed by atoms with Gasteiger partial charge in [-0.05, 0) is 32.8 Å². The van der Waals surface area contributed by atoms with E-state index in [1.54, 1.807) is 0 Å². The quantitative estimate of drug-likeness (QED) is 0.890. The summed E-state index contributed by atoms with van der Waals surface area (Å²) in [6, 6.07) is 2.16. The number of hydrogen-bond acceptors (Lipinski definition) is 3. The topological polar surface area (TPSA) is 61.7 Å². The van der Waals surface area contributed by atoms with E-state index in [1.165, 1.54) is 5.56 Å². The van der Waals surface area contributed by atoms with Crippen LogP contribution in [0.3, 0.4) is 0 Å². The Bertz CT molecular complexity index is 538. The summed E-state index contributed by atoms with van der Waals surface area (Å²) in [4.78, 5) is 0. The first kappa shape index (κ1) is 12.8. The Morgan fingerprint density at radius 2 is 2.06 bits per heavy atom. The van der Waals surface area contributed by atoms with Crippen LogP contribution < -0.4 is 5.73 Å². The molecule has 18 heavy (non-hydrogen) atoms. The molecular weight excluding hydrogens is 226 g/mol. The van der Waals surface area contributed by atoms with Crippen molar-refractivity contribution >= 4 is 0 Å². The van der Waals surface area contributed by atoms with Gasteiger partial charge in [-0.2, -0.15) is 10.2 Å². The van der Waals surface area contributed by atoms with Crippen LogP contribution in [0.25, 0.3) is 5.82 Å². The zero-order valence-corrected chi connectivity index (χ0v) is 11.5. The summed E-state index contributed by atoms with van der Waals surface area (Å²) in [5, 5.41) is 8.95. The number of rotatable bonds is 4. The minimum atomic E-state index is 0.170. The predicted octanol–water partition coefficient (Wildman–Crippen LogP) is 1.50. The van der Waals surface area contributed by atoms with E-state index in [2.05, 4.69) is 17.1 Å². The monoisotopic (exact) mass is 247 g/mol. The molecule has 2 rings (SSSR count). The van der Waals surface area contributed by atoms with Gasteiger partial charge in [0.2, 0.25) is 0 Å². The van der Waals surface area contributed by atoms with Crippen molar-refractivity contribution in [3.8, 4) is 5.82 Å². The predicted molar refractivity (Wildman–Crippen MR) is 71.8 cm³/mol. The van der Waals surface area contributed by atoms with Crippen LogP contribution in [-0.4, -0.2) is 25.6 Å². The average Bonchev–Trinajstić information content (AvgIpc) is 2.84. The van der Waals surface area contributed by atoms with Gasteiger partial charge < -0.3 is 5.73 Å². The molecule has 0 fully saturated rings. The number of hydrogen-bond donors (Lipinski definition) is 1. The molecule has 5 heteroatoms.